The number of rotatable bonds is 6. The summed E-state index contributed by atoms with van der Waals surface area (Å²) in [5.41, 5.74) is 5.70. The third-order valence-corrected chi connectivity index (χ3v) is 6.13. The highest BCUT2D eigenvalue weighted by atomic mass is 79.9. The van der Waals surface area contributed by atoms with Crippen LogP contribution in [0.3, 0.4) is 0 Å². The smallest absolute Gasteiger partial charge is 0.340 e. The molecule has 0 spiro atoms. The van der Waals surface area contributed by atoms with Crippen molar-refractivity contribution >= 4 is 45.1 Å². The summed E-state index contributed by atoms with van der Waals surface area (Å²) in [6, 6.07) is 13.6. The summed E-state index contributed by atoms with van der Waals surface area (Å²) in [6.07, 6.45) is 2.07. The fourth-order valence-electron chi connectivity index (χ4n) is 3.94. The molecule has 3 aromatic rings. The van der Waals surface area contributed by atoms with Crippen LogP contribution in [0.15, 0.2) is 62.5 Å². The van der Waals surface area contributed by atoms with Crippen LogP contribution < -0.4 is 10.7 Å². The van der Waals surface area contributed by atoms with E-state index in [9.17, 15) is 14.4 Å². The van der Waals surface area contributed by atoms with Crippen LogP contribution in [0.4, 0.5) is 5.69 Å². The molecule has 1 aliphatic rings. The molecule has 4 rings (SSSR count). The van der Waals surface area contributed by atoms with Gasteiger partial charge in [-0.3, -0.25) is 9.59 Å². The molecule has 9 heteroatoms. The molecule has 1 aliphatic carbocycles. The largest absolute Gasteiger partial charge is 0.462 e. The first kappa shape index (κ1) is 24.4. The summed E-state index contributed by atoms with van der Waals surface area (Å²) in [6.45, 7) is 3.73. The van der Waals surface area contributed by atoms with Gasteiger partial charge >= 0.3 is 5.97 Å². The highest BCUT2D eigenvalue weighted by Crippen LogP contribution is 2.30. The zero-order valence-electron chi connectivity index (χ0n) is 19.3. The number of nitrogens with zero attached hydrogens (tertiary/aromatic N) is 1. The van der Waals surface area contributed by atoms with Crippen LogP contribution in [-0.2, 0) is 11.2 Å². The van der Waals surface area contributed by atoms with Gasteiger partial charge in [-0.2, -0.15) is 5.10 Å². The fraction of sp³-hybridized carbons (Fsp3) is 0.231. The number of hydrogen-bond donors (Lipinski definition) is 2. The van der Waals surface area contributed by atoms with Gasteiger partial charge in [0.15, 0.2) is 5.76 Å². The minimum Gasteiger partial charge on any atom is -0.462 e. The molecule has 1 heterocycles. The maximum atomic E-state index is 13.1. The number of furan rings is 1. The quantitative estimate of drug-likeness (QED) is 0.329. The lowest BCUT2D eigenvalue weighted by atomic mass is 9.93. The molecule has 0 saturated carbocycles. The van der Waals surface area contributed by atoms with Crippen LogP contribution in [0.25, 0.3) is 0 Å². The number of carbonyl (C=O) groups excluding carboxylic acids is 3. The van der Waals surface area contributed by atoms with Gasteiger partial charge in [0.25, 0.3) is 11.8 Å². The van der Waals surface area contributed by atoms with Gasteiger partial charge in [0, 0.05) is 27.6 Å². The van der Waals surface area contributed by atoms with E-state index in [4.69, 9.17) is 9.15 Å². The third-order valence-electron chi connectivity index (χ3n) is 5.60. The van der Waals surface area contributed by atoms with Crippen molar-refractivity contribution in [2.45, 2.75) is 33.1 Å². The van der Waals surface area contributed by atoms with Crippen LogP contribution in [0, 0.1) is 6.92 Å². The van der Waals surface area contributed by atoms with Crippen molar-refractivity contribution in [2.75, 3.05) is 11.9 Å². The van der Waals surface area contributed by atoms with Crippen molar-refractivity contribution in [3.8, 4) is 0 Å². The SMILES string of the molecule is CCOC(=O)c1ccccc1NC(=O)c1oc2c(c1C)/C(=N/NC(=O)c1ccc(Br)cc1)CCC2. The number of carbonyl (C=O) groups is 3. The first-order valence-corrected chi connectivity index (χ1v) is 12.0. The molecule has 0 fully saturated rings. The lowest BCUT2D eigenvalue weighted by molar-refractivity contribution is 0.0527. The molecule has 2 aromatic carbocycles. The number of hydrogen-bond acceptors (Lipinski definition) is 6. The number of esters is 1. The Morgan fingerprint density at radius 2 is 1.80 bits per heavy atom. The summed E-state index contributed by atoms with van der Waals surface area (Å²) >= 11 is 3.35. The molecule has 0 bridgehead atoms. The Labute approximate surface area is 210 Å². The first-order valence-electron chi connectivity index (χ1n) is 11.2. The van der Waals surface area contributed by atoms with E-state index in [1.807, 2.05) is 0 Å². The van der Waals surface area contributed by atoms with E-state index in [2.05, 4.69) is 31.8 Å². The van der Waals surface area contributed by atoms with Gasteiger partial charge in [0.2, 0.25) is 0 Å². The second kappa shape index (κ2) is 10.7. The maximum Gasteiger partial charge on any atom is 0.340 e. The van der Waals surface area contributed by atoms with Gasteiger partial charge in [-0.25, -0.2) is 10.2 Å². The minimum atomic E-state index is -0.519. The van der Waals surface area contributed by atoms with Crippen LogP contribution in [0.1, 0.15) is 67.9 Å². The fourth-order valence-corrected chi connectivity index (χ4v) is 4.20. The Bertz CT molecular complexity index is 1310. The van der Waals surface area contributed by atoms with Crippen molar-refractivity contribution in [3.05, 3.63) is 86.8 Å². The Morgan fingerprint density at radius 3 is 2.54 bits per heavy atom. The zero-order chi connectivity index (χ0) is 24.9. The third kappa shape index (κ3) is 5.35. The first-order chi connectivity index (χ1) is 16.9. The molecule has 8 nitrogen and oxygen atoms in total. The standard InChI is InChI=1S/C26H24BrN3O5/c1-3-34-26(33)18-7-4-5-8-19(18)28-25(32)23-15(2)22-20(9-6-10-21(22)35-23)29-30-24(31)16-11-13-17(27)14-12-16/h4-5,7-8,11-14H,3,6,9-10H2,1-2H3,(H,28,32)(H,30,31)/b29-20+. The monoisotopic (exact) mass is 537 g/mol. The van der Waals surface area contributed by atoms with E-state index in [0.717, 1.165) is 16.5 Å². The molecule has 0 saturated heterocycles. The number of ether oxygens (including phenoxy) is 1. The molecule has 0 aliphatic heterocycles. The molecule has 180 valence electrons. The molecule has 35 heavy (non-hydrogen) atoms. The van der Waals surface area contributed by atoms with E-state index in [1.54, 1.807) is 62.4 Å². The van der Waals surface area contributed by atoms with Gasteiger partial charge in [-0.15, -0.1) is 0 Å². The Hall–Kier alpha value is -3.72. The van der Waals surface area contributed by atoms with Crippen LogP contribution >= 0.6 is 15.9 Å². The second-order valence-electron chi connectivity index (χ2n) is 7.93. The highest BCUT2D eigenvalue weighted by Gasteiger charge is 2.28. The summed E-state index contributed by atoms with van der Waals surface area (Å²) in [4.78, 5) is 37.8. The average Bonchev–Trinajstić information content (AvgIpc) is 3.20. The lowest BCUT2D eigenvalue weighted by Gasteiger charge is -2.13. The van der Waals surface area contributed by atoms with Crippen LogP contribution in [0.2, 0.25) is 0 Å². The normalized spacial score (nSPS) is 13.7. The Morgan fingerprint density at radius 1 is 1.06 bits per heavy atom. The summed E-state index contributed by atoms with van der Waals surface area (Å²) in [7, 11) is 0. The molecular weight excluding hydrogens is 514 g/mol. The van der Waals surface area contributed by atoms with Gasteiger partial charge in [0.05, 0.1) is 23.6 Å². The molecule has 0 atom stereocenters. The van der Waals surface area contributed by atoms with Crippen molar-refractivity contribution in [3.63, 3.8) is 0 Å². The van der Waals surface area contributed by atoms with Crippen molar-refractivity contribution in [2.24, 2.45) is 5.10 Å². The molecule has 2 amide bonds. The maximum absolute atomic E-state index is 13.1. The number of para-hydroxylation sites is 1. The highest BCUT2D eigenvalue weighted by molar-refractivity contribution is 9.10. The van der Waals surface area contributed by atoms with Crippen molar-refractivity contribution < 1.29 is 23.5 Å². The van der Waals surface area contributed by atoms with E-state index >= 15 is 0 Å². The van der Waals surface area contributed by atoms with Gasteiger partial charge < -0.3 is 14.5 Å². The number of anilines is 1. The molecule has 0 radical (unpaired) electrons. The number of nitrogens with one attached hydrogen (secondary N) is 2. The molecule has 2 N–H and O–H groups in total. The number of aryl methyl sites for hydroxylation is 1. The summed E-state index contributed by atoms with van der Waals surface area (Å²) in [5.74, 6) is -0.537. The predicted molar refractivity (Wildman–Crippen MR) is 135 cm³/mol. The van der Waals surface area contributed by atoms with Gasteiger partial charge in [-0.05, 0) is 63.1 Å². The van der Waals surface area contributed by atoms with Crippen LogP contribution in [-0.4, -0.2) is 30.1 Å². The Balaban J connectivity index is 1.56. The van der Waals surface area contributed by atoms with E-state index < -0.39 is 11.9 Å². The summed E-state index contributed by atoms with van der Waals surface area (Å²) < 4.78 is 11.9. The van der Waals surface area contributed by atoms with Gasteiger partial charge in [0.1, 0.15) is 5.76 Å². The van der Waals surface area contributed by atoms with E-state index in [1.165, 1.54) is 0 Å². The second-order valence-corrected chi connectivity index (χ2v) is 8.85. The Kier molecular flexibility index (Phi) is 7.45. The minimum absolute atomic E-state index is 0.141. The number of benzene rings is 2. The molecule has 1 aromatic heterocycles. The predicted octanol–water partition coefficient (Wildman–Crippen LogP) is 5.25. The zero-order valence-corrected chi connectivity index (χ0v) is 20.9. The number of hydrazone groups is 1. The lowest BCUT2D eigenvalue weighted by Crippen LogP contribution is -2.22. The van der Waals surface area contributed by atoms with Crippen molar-refractivity contribution in [1.82, 2.24) is 5.43 Å². The average molecular weight is 538 g/mol. The molecule has 0 unspecified atom stereocenters. The van der Waals surface area contributed by atoms with Gasteiger partial charge in [-0.1, -0.05) is 28.1 Å². The summed E-state index contributed by atoms with van der Waals surface area (Å²) in [5, 5.41) is 7.11. The number of amides is 2. The molecular formula is C26H24BrN3O5. The van der Waals surface area contributed by atoms with E-state index in [-0.39, 0.29) is 23.8 Å². The number of fused-ring (bicyclic) bond motifs is 1. The van der Waals surface area contributed by atoms with Crippen molar-refractivity contribution in [1.29, 1.82) is 0 Å². The van der Waals surface area contributed by atoms with Crippen LogP contribution in [0.5, 0.6) is 0 Å². The number of halogens is 1. The van der Waals surface area contributed by atoms with E-state index in [0.29, 0.717) is 41.1 Å². The topological polar surface area (TPSA) is 110 Å².